The number of benzene rings is 2. The summed E-state index contributed by atoms with van der Waals surface area (Å²) in [4.78, 5) is 2.34. The SMILES string of the molecule is C=C(c1ccc(C)cc1)N1CCc2ccc(C)cc21. The normalized spacial score (nSPS) is 13.5. The lowest BCUT2D eigenvalue weighted by atomic mass is 10.1. The Morgan fingerprint density at radius 1 is 1.00 bits per heavy atom. The Balaban J connectivity index is 1.95. The number of aryl methyl sites for hydroxylation is 2. The van der Waals surface area contributed by atoms with E-state index < -0.39 is 0 Å². The maximum atomic E-state index is 4.29. The van der Waals surface area contributed by atoms with Crippen molar-refractivity contribution < 1.29 is 0 Å². The van der Waals surface area contributed by atoms with Crippen LogP contribution in [-0.4, -0.2) is 6.54 Å². The standard InChI is InChI=1S/C18H19N/c1-13-4-7-16(8-5-13)15(3)19-11-10-17-9-6-14(2)12-18(17)19/h4-9,12H,3,10-11H2,1-2H3. The van der Waals surface area contributed by atoms with Crippen LogP contribution in [0.4, 0.5) is 5.69 Å². The van der Waals surface area contributed by atoms with E-state index in [-0.39, 0.29) is 0 Å². The first-order valence-corrected chi connectivity index (χ1v) is 6.78. The lowest BCUT2D eigenvalue weighted by molar-refractivity contribution is 1.01. The van der Waals surface area contributed by atoms with Gasteiger partial charge in [0, 0.05) is 17.9 Å². The van der Waals surface area contributed by atoms with Gasteiger partial charge >= 0.3 is 0 Å². The smallest absolute Gasteiger partial charge is 0.0446 e. The number of rotatable bonds is 2. The van der Waals surface area contributed by atoms with Crippen LogP contribution in [0.3, 0.4) is 0 Å². The van der Waals surface area contributed by atoms with E-state index in [9.17, 15) is 0 Å². The van der Waals surface area contributed by atoms with Crippen LogP contribution in [0.15, 0.2) is 49.0 Å². The van der Waals surface area contributed by atoms with Gasteiger partial charge in [0.05, 0.1) is 0 Å². The topological polar surface area (TPSA) is 3.24 Å². The Kier molecular flexibility index (Phi) is 2.90. The third-order valence-corrected chi connectivity index (χ3v) is 3.85. The third-order valence-electron chi connectivity index (χ3n) is 3.85. The maximum Gasteiger partial charge on any atom is 0.0446 e. The summed E-state index contributed by atoms with van der Waals surface area (Å²) in [6.07, 6.45) is 1.11. The molecule has 0 saturated carbocycles. The van der Waals surface area contributed by atoms with Crippen molar-refractivity contribution >= 4 is 11.4 Å². The molecule has 1 aliphatic rings. The molecule has 96 valence electrons. The largest absolute Gasteiger partial charge is 0.341 e. The van der Waals surface area contributed by atoms with E-state index >= 15 is 0 Å². The van der Waals surface area contributed by atoms with Gasteiger partial charge < -0.3 is 4.90 Å². The molecule has 0 saturated heterocycles. The van der Waals surface area contributed by atoms with E-state index in [4.69, 9.17) is 0 Å². The summed E-state index contributed by atoms with van der Waals surface area (Å²) in [6.45, 7) is 9.58. The molecule has 0 fully saturated rings. The second-order valence-electron chi connectivity index (χ2n) is 5.35. The zero-order valence-electron chi connectivity index (χ0n) is 11.6. The minimum atomic E-state index is 1.03. The highest BCUT2D eigenvalue weighted by atomic mass is 15.2. The third kappa shape index (κ3) is 2.17. The highest BCUT2D eigenvalue weighted by Crippen LogP contribution is 2.34. The highest BCUT2D eigenvalue weighted by molar-refractivity contribution is 5.81. The molecule has 3 rings (SSSR count). The number of hydrogen-bond donors (Lipinski definition) is 0. The Bertz CT molecular complexity index is 623. The van der Waals surface area contributed by atoms with Gasteiger partial charge in [-0.1, -0.05) is 48.5 Å². The van der Waals surface area contributed by atoms with Gasteiger partial charge in [-0.25, -0.2) is 0 Å². The fourth-order valence-electron chi connectivity index (χ4n) is 2.67. The summed E-state index contributed by atoms with van der Waals surface area (Å²) >= 11 is 0. The first kappa shape index (κ1) is 12.0. The summed E-state index contributed by atoms with van der Waals surface area (Å²) in [5, 5.41) is 0. The Morgan fingerprint density at radius 2 is 1.68 bits per heavy atom. The summed E-state index contributed by atoms with van der Waals surface area (Å²) in [6, 6.07) is 15.3. The summed E-state index contributed by atoms with van der Waals surface area (Å²) in [7, 11) is 0. The van der Waals surface area contributed by atoms with Crippen molar-refractivity contribution in [1.82, 2.24) is 0 Å². The molecule has 2 aromatic carbocycles. The van der Waals surface area contributed by atoms with E-state index in [0.29, 0.717) is 0 Å². The highest BCUT2D eigenvalue weighted by Gasteiger charge is 2.21. The van der Waals surface area contributed by atoms with Crippen molar-refractivity contribution in [2.45, 2.75) is 20.3 Å². The van der Waals surface area contributed by atoms with E-state index in [1.54, 1.807) is 0 Å². The van der Waals surface area contributed by atoms with Gasteiger partial charge in [-0.15, -0.1) is 0 Å². The van der Waals surface area contributed by atoms with Crippen molar-refractivity contribution in [3.63, 3.8) is 0 Å². The van der Waals surface area contributed by atoms with Crippen LogP contribution in [0.25, 0.3) is 5.70 Å². The van der Waals surface area contributed by atoms with Crippen LogP contribution in [0.1, 0.15) is 22.3 Å². The van der Waals surface area contributed by atoms with Crippen LogP contribution in [0.2, 0.25) is 0 Å². The molecule has 0 bridgehead atoms. The van der Waals surface area contributed by atoms with Crippen molar-refractivity contribution in [3.8, 4) is 0 Å². The molecule has 0 spiro atoms. The van der Waals surface area contributed by atoms with Crippen LogP contribution >= 0.6 is 0 Å². The Hall–Kier alpha value is -2.02. The van der Waals surface area contributed by atoms with Crippen molar-refractivity contribution in [2.24, 2.45) is 0 Å². The number of nitrogens with zero attached hydrogens (tertiary/aromatic N) is 1. The van der Waals surface area contributed by atoms with Crippen LogP contribution < -0.4 is 4.90 Å². The fraction of sp³-hybridized carbons (Fsp3) is 0.222. The van der Waals surface area contributed by atoms with Crippen molar-refractivity contribution in [2.75, 3.05) is 11.4 Å². The van der Waals surface area contributed by atoms with Crippen LogP contribution in [0.5, 0.6) is 0 Å². The monoisotopic (exact) mass is 249 g/mol. The second-order valence-corrected chi connectivity index (χ2v) is 5.35. The average molecular weight is 249 g/mol. The number of hydrogen-bond acceptors (Lipinski definition) is 1. The van der Waals surface area contributed by atoms with E-state index in [0.717, 1.165) is 18.7 Å². The average Bonchev–Trinajstić information content (AvgIpc) is 2.81. The summed E-state index contributed by atoms with van der Waals surface area (Å²) < 4.78 is 0. The summed E-state index contributed by atoms with van der Waals surface area (Å²) in [5.41, 5.74) is 7.66. The molecule has 1 heterocycles. The molecule has 0 radical (unpaired) electrons. The molecule has 1 nitrogen and oxygen atoms in total. The molecule has 0 amide bonds. The molecule has 0 aromatic heterocycles. The minimum Gasteiger partial charge on any atom is -0.341 e. The van der Waals surface area contributed by atoms with Crippen molar-refractivity contribution in [1.29, 1.82) is 0 Å². The number of fused-ring (bicyclic) bond motifs is 1. The van der Waals surface area contributed by atoms with E-state index in [2.05, 4.69) is 67.8 Å². The van der Waals surface area contributed by atoms with Gasteiger partial charge in [0.15, 0.2) is 0 Å². The summed E-state index contributed by atoms with van der Waals surface area (Å²) in [5.74, 6) is 0. The van der Waals surface area contributed by atoms with Crippen LogP contribution in [-0.2, 0) is 6.42 Å². The first-order chi connectivity index (χ1) is 9.15. The molecule has 19 heavy (non-hydrogen) atoms. The quantitative estimate of drug-likeness (QED) is 0.765. The molecule has 2 aromatic rings. The van der Waals surface area contributed by atoms with Gasteiger partial charge in [-0.2, -0.15) is 0 Å². The van der Waals surface area contributed by atoms with E-state index in [1.165, 1.54) is 27.9 Å². The fourth-order valence-corrected chi connectivity index (χ4v) is 2.67. The minimum absolute atomic E-state index is 1.03. The second kappa shape index (κ2) is 4.58. The van der Waals surface area contributed by atoms with Gasteiger partial charge in [0.2, 0.25) is 0 Å². The first-order valence-electron chi connectivity index (χ1n) is 6.78. The molecule has 0 atom stereocenters. The van der Waals surface area contributed by atoms with Gasteiger partial charge in [-0.05, 0) is 43.0 Å². The molecule has 1 aliphatic heterocycles. The molecule has 0 unspecified atom stereocenters. The molecule has 1 heteroatoms. The van der Waals surface area contributed by atoms with E-state index in [1.807, 2.05) is 0 Å². The molecule has 0 aliphatic carbocycles. The molecule has 0 N–H and O–H groups in total. The predicted molar refractivity (Wildman–Crippen MR) is 82.4 cm³/mol. The molecular weight excluding hydrogens is 230 g/mol. The van der Waals surface area contributed by atoms with Gasteiger partial charge in [0.25, 0.3) is 0 Å². The van der Waals surface area contributed by atoms with Gasteiger partial charge in [-0.3, -0.25) is 0 Å². The zero-order chi connectivity index (χ0) is 13.4. The van der Waals surface area contributed by atoms with Crippen LogP contribution in [0, 0.1) is 13.8 Å². The lowest BCUT2D eigenvalue weighted by Crippen LogP contribution is -2.17. The predicted octanol–water partition coefficient (Wildman–Crippen LogP) is 4.34. The lowest BCUT2D eigenvalue weighted by Gasteiger charge is -2.22. The zero-order valence-corrected chi connectivity index (χ0v) is 11.6. The number of anilines is 1. The Morgan fingerprint density at radius 3 is 2.42 bits per heavy atom. The Labute approximate surface area is 115 Å². The van der Waals surface area contributed by atoms with Crippen molar-refractivity contribution in [3.05, 3.63) is 71.3 Å². The molecular formula is C18H19N. The van der Waals surface area contributed by atoms with Gasteiger partial charge in [0.1, 0.15) is 0 Å². The maximum absolute atomic E-state index is 4.29.